The first-order valence-electron chi connectivity index (χ1n) is 23.9. The SMILES string of the molecule is CCOC(=O)[C@@H](C[C@H](CB(C)O)Cc1ccc(-c2cc(Cl)ccc2F)cc1)CN(C)CCO.CCOC(=O)[C@H](COS(=O)(=O)c1ccc(Br)cc1)C[C@H](CB(C)O)Cc1ccc(-c2cc(Cl)ccc2F)cc1. The Kier molecular flexibility index (Phi) is 25.4. The molecule has 0 spiro atoms. The number of rotatable bonds is 26. The number of likely N-dealkylation sites (N-methyl/N-ethyl adjacent to an activating group) is 1. The summed E-state index contributed by atoms with van der Waals surface area (Å²) in [5.41, 5.74) is 4.20. The van der Waals surface area contributed by atoms with E-state index in [1.165, 1.54) is 36.4 Å². The van der Waals surface area contributed by atoms with Gasteiger partial charge in [-0.2, -0.15) is 8.42 Å². The molecule has 388 valence electrons. The van der Waals surface area contributed by atoms with Crippen molar-refractivity contribution in [1.82, 2.24) is 4.90 Å². The van der Waals surface area contributed by atoms with E-state index in [1.807, 2.05) is 48.3 Å². The van der Waals surface area contributed by atoms with Gasteiger partial charge in [0.05, 0.1) is 43.2 Å². The maximum Gasteiger partial charge on any atom is 0.311 e. The smallest absolute Gasteiger partial charge is 0.311 e. The number of hydrogen-bond acceptors (Lipinski definition) is 11. The zero-order valence-electron chi connectivity index (χ0n) is 41.3. The molecule has 5 aromatic rings. The Bertz CT molecular complexity index is 2580. The summed E-state index contributed by atoms with van der Waals surface area (Å²) >= 11 is 15.3. The molecule has 5 rings (SSSR count). The topological polar surface area (TPSA) is 160 Å². The van der Waals surface area contributed by atoms with Gasteiger partial charge in [-0.1, -0.05) is 101 Å². The Morgan fingerprint density at radius 3 is 1.54 bits per heavy atom. The fourth-order valence-electron chi connectivity index (χ4n) is 8.52. The number of halogens is 5. The molecule has 0 amide bonds. The molecule has 0 aliphatic heterocycles. The highest BCUT2D eigenvalue weighted by Crippen LogP contribution is 2.31. The van der Waals surface area contributed by atoms with Gasteiger partial charge in [-0.15, -0.1) is 0 Å². The third-order valence-electron chi connectivity index (χ3n) is 11.8. The van der Waals surface area contributed by atoms with Gasteiger partial charge in [0.1, 0.15) is 11.6 Å². The minimum atomic E-state index is -4.09. The summed E-state index contributed by atoms with van der Waals surface area (Å²) in [5, 5.41) is 30.3. The summed E-state index contributed by atoms with van der Waals surface area (Å²) in [7, 11) is -2.23. The highest BCUT2D eigenvalue weighted by Gasteiger charge is 2.30. The standard InChI is InChI=1S/C28H30BBrClFO6S.C25H34BClFNO4/c1-3-37-28(33)22(18-38-39(35,36)25-11-8-23(30)9-12-25)15-20(17-29(2)34)14-19-4-6-21(7-5-19)26-16-24(31)10-13-27(26)32;1-4-33-25(31)21(17-29(3)11-12-30)14-19(16-26(2)32)13-18-5-7-20(8-6-18)23-15-22(27)9-10-24(23)28/h4-13,16,20,22,34H,3,14-15,17-18H2,1-2H3;5-10,15,19,21,30,32H,4,11-14,16-17H2,1-3H3/t20-,22+;19-,21+/m11/s1. The van der Waals surface area contributed by atoms with Crippen LogP contribution in [0.4, 0.5) is 8.78 Å². The minimum Gasteiger partial charge on any atom is -0.466 e. The van der Waals surface area contributed by atoms with Crippen LogP contribution in [0.25, 0.3) is 22.3 Å². The summed E-state index contributed by atoms with van der Waals surface area (Å²) in [5.74, 6) is -2.89. The van der Waals surface area contributed by atoms with Gasteiger partial charge in [0.25, 0.3) is 23.9 Å². The lowest BCUT2D eigenvalue weighted by atomic mass is 9.62. The average Bonchev–Trinajstić information content (AvgIpc) is 3.32. The van der Waals surface area contributed by atoms with Crippen LogP contribution in [-0.4, -0.2) is 101 Å². The second-order valence-corrected chi connectivity index (χ2v) is 21.4. The van der Waals surface area contributed by atoms with Crippen LogP contribution in [0.5, 0.6) is 0 Å². The fraction of sp³-hybridized carbons (Fsp3) is 0.396. The number of ether oxygens (including phenoxy) is 2. The van der Waals surface area contributed by atoms with E-state index in [0.717, 1.165) is 21.2 Å². The molecular formula is C53H64B2BrCl2F2NO10S. The van der Waals surface area contributed by atoms with Crippen molar-refractivity contribution in [3.63, 3.8) is 0 Å². The Morgan fingerprint density at radius 1 is 0.694 bits per heavy atom. The lowest BCUT2D eigenvalue weighted by Gasteiger charge is -2.26. The second-order valence-electron chi connectivity index (χ2n) is 18.0. The highest BCUT2D eigenvalue weighted by molar-refractivity contribution is 9.10. The summed E-state index contributed by atoms with van der Waals surface area (Å²) in [6.45, 7) is 6.72. The van der Waals surface area contributed by atoms with Crippen LogP contribution in [0, 0.1) is 35.3 Å². The first-order valence-corrected chi connectivity index (χ1v) is 26.9. The molecule has 0 fully saturated rings. The van der Waals surface area contributed by atoms with Crippen LogP contribution < -0.4 is 0 Å². The van der Waals surface area contributed by atoms with Gasteiger partial charge in [-0.3, -0.25) is 13.8 Å². The Labute approximate surface area is 442 Å². The van der Waals surface area contributed by atoms with Crippen LogP contribution >= 0.6 is 39.1 Å². The van der Waals surface area contributed by atoms with Crippen molar-refractivity contribution in [2.24, 2.45) is 23.7 Å². The maximum atomic E-state index is 14.3. The van der Waals surface area contributed by atoms with Crippen molar-refractivity contribution in [2.45, 2.75) is 70.7 Å². The first-order chi connectivity index (χ1) is 34.2. The van der Waals surface area contributed by atoms with Crippen molar-refractivity contribution in [3.8, 4) is 22.3 Å². The summed E-state index contributed by atoms with van der Waals surface area (Å²) in [6, 6.07) is 29.8. The molecule has 0 heterocycles. The van der Waals surface area contributed by atoms with Crippen LogP contribution in [0.2, 0.25) is 36.3 Å². The number of nitrogens with zero attached hydrogens (tertiary/aromatic N) is 1. The first kappa shape index (κ1) is 60.4. The van der Waals surface area contributed by atoms with E-state index < -0.39 is 35.8 Å². The van der Waals surface area contributed by atoms with Gasteiger partial charge in [-0.05, 0) is 154 Å². The quantitative estimate of drug-likeness (QED) is 0.0275. The molecule has 19 heteroatoms. The van der Waals surface area contributed by atoms with Gasteiger partial charge >= 0.3 is 11.9 Å². The number of carbonyl (C=O) groups excluding carboxylic acids is 2. The molecule has 0 radical (unpaired) electrons. The number of aliphatic hydroxyl groups is 1. The molecule has 0 aliphatic rings. The lowest BCUT2D eigenvalue weighted by Crippen LogP contribution is -2.35. The van der Waals surface area contributed by atoms with E-state index in [2.05, 4.69) is 15.9 Å². The molecule has 4 atom stereocenters. The molecule has 5 aromatic carbocycles. The molecular weight excluding hydrogens is 1050 g/mol. The van der Waals surface area contributed by atoms with E-state index in [4.69, 9.17) is 36.9 Å². The Balaban J connectivity index is 0.000000317. The minimum absolute atomic E-state index is 0.0166. The van der Waals surface area contributed by atoms with Gasteiger partial charge in [-0.25, -0.2) is 8.78 Å². The Hall–Kier alpha value is -4.16. The zero-order chi connectivity index (χ0) is 53.0. The third-order valence-corrected chi connectivity index (χ3v) is 14.1. The van der Waals surface area contributed by atoms with E-state index >= 15 is 0 Å². The number of esters is 2. The number of carbonyl (C=O) groups is 2. The van der Waals surface area contributed by atoms with Crippen LogP contribution in [0.1, 0.15) is 37.8 Å². The molecule has 0 saturated carbocycles. The molecule has 0 unspecified atom stereocenters. The van der Waals surface area contributed by atoms with Crippen molar-refractivity contribution >= 4 is 75.0 Å². The second kappa shape index (κ2) is 30.3. The molecule has 0 saturated heterocycles. The molecule has 0 aromatic heterocycles. The molecule has 0 bridgehead atoms. The maximum absolute atomic E-state index is 14.3. The summed E-state index contributed by atoms with van der Waals surface area (Å²) < 4.78 is 70.4. The van der Waals surface area contributed by atoms with Crippen molar-refractivity contribution < 1.29 is 55.6 Å². The van der Waals surface area contributed by atoms with Crippen LogP contribution in [0.3, 0.4) is 0 Å². The summed E-state index contributed by atoms with van der Waals surface area (Å²) in [6.07, 6.45) is 2.89. The van der Waals surface area contributed by atoms with E-state index in [9.17, 15) is 41.9 Å². The summed E-state index contributed by atoms with van der Waals surface area (Å²) in [4.78, 5) is 27.3. The van der Waals surface area contributed by atoms with Gasteiger partial charge < -0.3 is 29.5 Å². The van der Waals surface area contributed by atoms with Gasteiger partial charge in [0.2, 0.25) is 0 Å². The lowest BCUT2D eigenvalue weighted by molar-refractivity contribution is -0.150. The molecule has 11 nitrogen and oxygen atoms in total. The molecule has 72 heavy (non-hydrogen) atoms. The zero-order valence-corrected chi connectivity index (χ0v) is 45.2. The monoisotopic (exact) mass is 1120 g/mol. The van der Waals surface area contributed by atoms with E-state index in [1.54, 1.807) is 63.9 Å². The van der Waals surface area contributed by atoms with Crippen LogP contribution in [-0.2, 0) is 46.2 Å². The van der Waals surface area contributed by atoms with Crippen molar-refractivity contribution in [1.29, 1.82) is 0 Å². The van der Waals surface area contributed by atoms with Crippen LogP contribution in [0.15, 0.2) is 119 Å². The van der Waals surface area contributed by atoms with Crippen molar-refractivity contribution in [3.05, 3.63) is 146 Å². The molecule has 3 N–H and O–H groups in total. The van der Waals surface area contributed by atoms with Gasteiger partial charge in [0, 0.05) is 38.7 Å². The largest absolute Gasteiger partial charge is 0.466 e. The normalized spacial score (nSPS) is 13.1. The third kappa shape index (κ3) is 20.3. The Morgan fingerprint density at radius 2 is 1.12 bits per heavy atom. The number of hydrogen-bond donors (Lipinski definition) is 3. The average molecular weight is 1120 g/mol. The predicted octanol–water partition coefficient (Wildman–Crippen LogP) is 11.1. The van der Waals surface area contributed by atoms with E-state index in [-0.39, 0.29) is 66.5 Å². The molecule has 0 aliphatic carbocycles. The fourth-order valence-corrected chi connectivity index (χ4v) is 10.1. The highest BCUT2D eigenvalue weighted by atomic mass is 79.9. The van der Waals surface area contributed by atoms with Crippen molar-refractivity contribution in [2.75, 3.05) is 46.6 Å². The van der Waals surface area contributed by atoms with E-state index in [0.29, 0.717) is 78.3 Å². The predicted molar refractivity (Wildman–Crippen MR) is 287 cm³/mol. The number of benzene rings is 5. The van der Waals surface area contributed by atoms with Gasteiger partial charge in [0.15, 0.2) is 0 Å². The number of aliphatic hydroxyl groups excluding tert-OH is 1.